The van der Waals surface area contributed by atoms with Crippen molar-refractivity contribution in [2.45, 2.75) is 0 Å². The number of aromatic amines is 2. The molecule has 2 amide bonds. The topological polar surface area (TPSA) is 125 Å². The summed E-state index contributed by atoms with van der Waals surface area (Å²) >= 11 is 0. The van der Waals surface area contributed by atoms with Crippen molar-refractivity contribution in [1.29, 1.82) is 0 Å². The molecule has 28 heavy (non-hydrogen) atoms. The van der Waals surface area contributed by atoms with Gasteiger partial charge in [0.05, 0.1) is 18.3 Å². The van der Waals surface area contributed by atoms with Crippen LogP contribution in [-0.2, 0) is 0 Å². The maximum atomic E-state index is 12.3. The molecule has 2 aromatic heterocycles. The largest absolute Gasteiger partial charge is 0.497 e. The van der Waals surface area contributed by atoms with Crippen LogP contribution in [0.15, 0.2) is 54.6 Å². The van der Waals surface area contributed by atoms with Crippen molar-refractivity contribution in [2.75, 3.05) is 7.11 Å². The lowest BCUT2D eigenvalue weighted by atomic mass is 10.1. The lowest BCUT2D eigenvalue weighted by molar-refractivity contribution is 0.0842. The number of methoxy groups -OCH3 is 1. The number of para-hydroxylation sites is 1. The van der Waals surface area contributed by atoms with Crippen LogP contribution in [-0.4, -0.2) is 39.3 Å². The maximum absolute atomic E-state index is 12.3. The Balaban J connectivity index is 1.42. The van der Waals surface area contributed by atoms with Crippen molar-refractivity contribution >= 4 is 22.7 Å². The molecular formula is C19H16N6O3. The highest BCUT2D eigenvalue weighted by atomic mass is 16.5. The average Bonchev–Trinajstić information content (AvgIpc) is 3.39. The average molecular weight is 376 g/mol. The van der Waals surface area contributed by atoms with E-state index in [1.165, 1.54) is 0 Å². The number of aromatic nitrogens is 4. The van der Waals surface area contributed by atoms with E-state index in [4.69, 9.17) is 4.74 Å². The number of carbonyl (C=O) groups excluding carboxylic acids is 2. The fourth-order valence-corrected chi connectivity index (χ4v) is 2.72. The van der Waals surface area contributed by atoms with Gasteiger partial charge in [-0.05, 0) is 36.4 Å². The zero-order chi connectivity index (χ0) is 19.5. The Bertz CT molecular complexity index is 1150. The van der Waals surface area contributed by atoms with Crippen molar-refractivity contribution in [3.05, 3.63) is 66.0 Å². The Labute approximate surface area is 159 Å². The minimum atomic E-state index is -0.527. The minimum Gasteiger partial charge on any atom is -0.497 e. The molecule has 0 saturated heterocycles. The lowest BCUT2D eigenvalue weighted by Crippen LogP contribution is -2.42. The van der Waals surface area contributed by atoms with Crippen LogP contribution in [0.1, 0.15) is 21.0 Å². The van der Waals surface area contributed by atoms with Gasteiger partial charge in [-0.3, -0.25) is 30.6 Å². The number of hydrogen-bond donors (Lipinski definition) is 4. The van der Waals surface area contributed by atoms with Crippen LogP contribution in [0.4, 0.5) is 0 Å². The molecule has 9 nitrogen and oxygen atoms in total. The first kappa shape index (κ1) is 17.3. The number of H-pyrrole nitrogens is 2. The number of nitrogens with one attached hydrogen (secondary N) is 4. The highest BCUT2D eigenvalue weighted by Crippen LogP contribution is 2.21. The van der Waals surface area contributed by atoms with E-state index in [1.807, 2.05) is 24.3 Å². The summed E-state index contributed by atoms with van der Waals surface area (Å²) in [4.78, 5) is 24.6. The number of benzene rings is 2. The predicted molar refractivity (Wildman–Crippen MR) is 102 cm³/mol. The second-order valence-corrected chi connectivity index (χ2v) is 5.92. The third-order valence-electron chi connectivity index (χ3n) is 4.18. The van der Waals surface area contributed by atoms with Gasteiger partial charge < -0.3 is 4.74 Å². The Morgan fingerprint density at radius 1 is 0.929 bits per heavy atom. The summed E-state index contributed by atoms with van der Waals surface area (Å²) in [6, 6.07) is 16.1. The summed E-state index contributed by atoms with van der Waals surface area (Å²) in [6.45, 7) is 0. The Morgan fingerprint density at radius 2 is 1.68 bits per heavy atom. The maximum Gasteiger partial charge on any atom is 0.290 e. The standard InChI is InChI=1S/C19H16N6O3/c1-28-12-8-6-11(7-9-12)15-10-16(22-21-15)18(26)24-25-19(27)17-13-4-2-3-5-14(13)20-23-17/h2-10H,1H3,(H,20,23)(H,21,22)(H,24,26)(H,25,27). The van der Waals surface area contributed by atoms with Gasteiger partial charge in [0.25, 0.3) is 11.8 Å². The van der Waals surface area contributed by atoms with E-state index in [9.17, 15) is 9.59 Å². The molecule has 4 aromatic rings. The van der Waals surface area contributed by atoms with Crippen molar-refractivity contribution in [1.82, 2.24) is 31.2 Å². The van der Waals surface area contributed by atoms with Gasteiger partial charge in [-0.1, -0.05) is 18.2 Å². The summed E-state index contributed by atoms with van der Waals surface area (Å²) in [7, 11) is 1.59. The molecule has 0 fully saturated rings. The normalized spacial score (nSPS) is 10.6. The highest BCUT2D eigenvalue weighted by molar-refractivity contribution is 6.05. The molecule has 2 heterocycles. The first-order valence-electron chi connectivity index (χ1n) is 8.39. The highest BCUT2D eigenvalue weighted by Gasteiger charge is 2.16. The minimum absolute atomic E-state index is 0.194. The van der Waals surface area contributed by atoms with E-state index in [2.05, 4.69) is 31.2 Å². The van der Waals surface area contributed by atoms with Crippen LogP contribution in [0.25, 0.3) is 22.2 Å². The molecule has 0 radical (unpaired) electrons. The van der Waals surface area contributed by atoms with Crippen molar-refractivity contribution in [2.24, 2.45) is 0 Å². The van der Waals surface area contributed by atoms with Crippen LogP contribution >= 0.6 is 0 Å². The second kappa shape index (κ2) is 7.23. The summed E-state index contributed by atoms with van der Waals surface area (Å²) in [5.74, 6) is -0.327. The van der Waals surface area contributed by atoms with Crippen LogP contribution < -0.4 is 15.6 Å². The van der Waals surface area contributed by atoms with E-state index in [0.717, 1.165) is 16.8 Å². The predicted octanol–water partition coefficient (Wildman–Crippen LogP) is 2.04. The number of carbonyl (C=O) groups is 2. The molecule has 0 aliphatic heterocycles. The first-order chi connectivity index (χ1) is 13.7. The van der Waals surface area contributed by atoms with E-state index < -0.39 is 11.8 Å². The Hall–Kier alpha value is -4.14. The number of nitrogens with zero attached hydrogens (tertiary/aromatic N) is 2. The number of hydrazine groups is 1. The van der Waals surface area contributed by atoms with E-state index in [-0.39, 0.29) is 11.4 Å². The SMILES string of the molecule is COc1ccc(-c2cc(C(=O)NNC(=O)c3n[nH]c4ccccc34)[nH]n2)cc1. The molecule has 0 atom stereocenters. The second-order valence-electron chi connectivity index (χ2n) is 5.92. The van der Waals surface area contributed by atoms with Gasteiger partial charge in [0, 0.05) is 10.9 Å². The third-order valence-corrected chi connectivity index (χ3v) is 4.18. The van der Waals surface area contributed by atoms with Gasteiger partial charge in [0.2, 0.25) is 0 Å². The molecule has 4 rings (SSSR count). The number of ether oxygens (including phenoxy) is 1. The van der Waals surface area contributed by atoms with E-state index in [1.54, 1.807) is 37.4 Å². The first-order valence-corrected chi connectivity index (χ1v) is 8.39. The molecule has 4 N–H and O–H groups in total. The van der Waals surface area contributed by atoms with Gasteiger partial charge in [-0.25, -0.2) is 0 Å². The monoisotopic (exact) mass is 376 g/mol. The summed E-state index contributed by atoms with van der Waals surface area (Å²) in [5, 5.41) is 14.2. The molecule has 0 aliphatic rings. The van der Waals surface area contributed by atoms with Crippen molar-refractivity contribution in [3.63, 3.8) is 0 Å². The number of fused-ring (bicyclic) bond motifs is 1. The summed E-state index contributed by atoms with van der Waals surface area (Å²) in [6.07, 6.45) is 0. The van der Waals surface area contributed by atoms with Gasteiger partial charge in [0.1, 0.15) is 11.4 Å². The number of hydrogen-bond acceptors (Lipinski definition) is 5. The van der Waals surface area contributed by atoms with Gasteiger partial charge in [-0.15, -0.1) is 0 Å². The van der Waals surface area contributed by atoms with Crippen LogP contribution in [0, 0.1) is 0 Å². The van der Waals surface area contributed by atoms with Gasteiger partial charge in [0.15, 0.2) is 5.69 Å². The summed E-state index contributed by atoms with van der Waals surface area (Å²) < 4.78 is 5.12. The molecule has 0 unspecified atom stereocenters. The van der Waals surface area contributed by atoms with Crippen LogP contribution in [0.3, 0.4) is 0 Å². The molecule has 0 bridgehead atoms. The fourth-order valence-electron chi connectivity index (χ4n) is 2.72. The van der Waals surface area contributed by atoms with Gasteiger partial charge in [-0.2, -0.15) is 10.2 Å². The van der Waals surface area contributed by atoms with Gasteiger partial charge >= 0.3 is 0 Å². The Morgan fingerprint density at radius 3 is 2.46 bits per heavy atom. The smallest absolute Gasteiger partial charge is 0.290 e. The number of amides is 2. The molecule has 2 aromatic carbocycles. The zero-order valence-electron chi connectivity index (χ0n) is 14.8. The zero-order valence-corrected chi connectivity index (χ0v) is 14.8. The molecule has 0 aliphatic carbocycles. The van der Waals surface area contributed by atoms with E-state index >= 15 is 0 Å². The molecular weight excluding hydrogens is 360 g/mol. The van der Waals surface area contributed by atoms with E-state index in [0.29, 0.717) is 11.1 Å². The Kier molecular flexibility index (Phi) is 4.47. The molecule has 0 saturated carbocycles. The van der Waals surface area contributed by atoms with Crippen molar-refractivity contribution in [3.8, 4) is 17.0 Å². The van der Waals surface area contributed by atoms with Crippen LogP contribution in [0.2, 0.25) is 0 Å². The molecule has 9 heteroatoms. The molecule has 140 valence electrons. The lowest BCUT2D eigenvalue weighted by Gasteiger charge is -2.04. The fraction of sp³-hybridized carbons (Fsp3) is 0.0526. The number of rotatable bonds is 4. The quantitative estimate of drug-likeness (QED) is 0.406. The molecule has 0 spiro atoms. The van der Waals surface area contributed by atoms with Crippen LogP contribution in [0.5, 0.6) is 5.75 Å². The third kappa shape index (κ3) is 3.28. The summed E-state index contributed by atoms with van der Waals surface area (Å²) in [5.41, 5.74) is 7.26. The van der Waals surface area contributed by atoms with Crippen molar-refractivity contribution < 1.29 is 14.3 Å².